The first-order valence-corrected chi connectivity index (χ1v) is 3.54. The summed E-state index contributed by atoms with van der Waals surface area (Å²) < 4.78 is 2.03. The molecule has 0 atom stereocenters. The van der Waals surface area contributed by atoms with Crippen molar-refractivity contribution in [3.05, 3.63) is 30.0 Å². The molecule has 3 nitrogen and oxygen atoms in total. The summed E-state index contributed by atoms with van der Waals surface area (Å²) in [6.07, 6.45) is 5.58. The summed E-state index contributed by atoms with van der Waals surface area (Å²) >= 11 is 0. The van der Waals surface area contributed by atoms with Crippen LogP contribution >= 0.6 is 0 Å². The Kier molecular flexibility index (Phi) is 1.18. The Morgan fingerprint density at radius 2 is 2.09 bits per heavy atom. The van der Waals surface area contributed by atoms with Gasteiger partial charge in [0.15, 0.2) is 5.65 Å². The molecule has 0 amide bonds. The first-order valence-electron chi connectivity index (χ1n) is 3.54. The Morgan fingerprint density at radius 3 is 2.82 bits per heavy atom. The van der Waals surface area contributed by atoms with Crippen molar-refractivity contribution in [2.75, 3.05) is 0 Å². The van der Waals surface area contributed by atoms with Crippen molar-refractivity contribution in [3.63, 3.8) is 0 Å². The summed E-state index contributed by atoms with van der Waals surface area (Å²) in [4.78, 5) is 8.38. The summed E-state index contributed by atoms with van der Waals surface area (Å²) in [5, 5.41) is 0. The number of nitrogens with zero attached hydrogens (tertiary/aromatic N) is 3. The lowest BCUT2D eigenvalue weighted by atomic mass is 10.4. The first kappa shape index (κ1) is 6.34. The van der Waals surface area contributed by atoms with Crippen LogP contribution in [0.3, 0.4) is 0 Å². The Morgan fingerprint density at radius 1 is 1.27 bits per heavy atom. The maximum Gasteiger partial charge on any atom is 0.158 e. The van der Waals surface area contributed by atoms with Gasteiger partial charge in [-0.2, -0.15) is 0 Å². The quantitative estimate of drug-likeness (QED) is 0.563. The Labute approximate surface area is 64.7 Å². The molecule has 0 N–H and O–H groups in total. The van der Waals surface area contributed by atoms with E-state index in [1.54, 1.807) is 6.20 Å². The van der Waals surface area contributed by atoms with Crippen LogP contribution in [-0.2, 0) is 0 Å². The van der Waals surface area contributed by atoms with E-state index in [0.29, 0.717) is 0 Å². The number of hydrogen-bond donors (Lipinski definition) is 0. The maximum atomic E-state index is 4.20. The lowest BCUT2D eigenvalue weighted by molar-refractivity contribution is 1.02. The molecule has 0 radical (unpaired) electrons. The van der Waals surface area contributed by atoms with Crippen LogP contribution in [0.4, 0.5) is 0 Å². The van der Waals surface area contributed by atoms with E-state index in [1.807, 2.05) is 30.6 Å². The molecular formula is C8H9N3. The third-order valence-corrected chi connectivity index (χ3v) is 1.79. The lowest BCUT2D eigenvalue weighted by Gasteiger charge is -1.99. The minimum Gasteiger partial charge on any atom is -0.301 e. The molecule has 2 aromatic heterocycles. The van der Waals surface area contributed by atoms with Crippen LogP contribution < -0.4 is 0 Å². The van der Waals surface area contributed by atoms with Gasteiger partial charge in [-0.25, -0.2) is 4.98 Å². The largest absolute Gasteiger partial charge is 0.301 e. The highest BCUT2D eigenvalue weighted by Gasteiger charge is 1.99. The topological polar surface area (TPSA) is 30.2 Å². The van der Waals surface area contributed by atoms with Crippen molar-refractivity contribution < 1.29 is 0 Å². The van der Waals surface area contributed by atoms with Crippen LogP contribution in [0.2, 0.25) is 0 Å². The van der Waals surface area contributed by atoms with Gasteiger partial charge >= 0.3 is 0 Å². The molecule has 2 aromatic rings. The molecule has 0 unspecified atom stereocenters. The number of rotatable bonds is 0. The molecule has 0 bridgehead atoms. The van der Waals surface area contributed by atoms with Gasteiger partial charge in [0.1, 0.15) is 0 Å². The van der Waals surface area contributed by atoms with Crippen molar-refractivity contribution >= 4 is 5.65 Å². The molecule has 0 aliphatic carbocycles. The van der Waals surface area contributed by atoms with Gasteiger partial charge in [-0.1, -0.05) is 0 Å². The van der Waals surface area contributed by atoms with Crippen molar-refractivity contribution in [1.29, 1.82) is 0 Å². The van der Waals surface area contributed by atoms with Gasteiger partial charge in [-0.15, -0.1) is 0 Å². The second kappa shape index (κ2) is 2.05. The highest BCUT2D eigenvalue weighted by Crippen LogP contribution is 2.06. The molecule has 0 saturated carbocycles. The van der Waals surface area contributed by atoms with Crippen molar-refractivity contribution in [2.45, 2.75) is 13.8 Å². The monoisotopic (exact) mass is 147 g/mol. The normalized spacial score (nSPS) is 10.7. The molecule has 56 valence electrons. The molecule has 3 heteroatoms. The predicted molar refractivity (Wildman–Crippen MR) is 42.5 cm³/mol. The smallest absolute Gasteiger partial charge is 0.158 e. The van der Waals surface area contributed by atoms with Gasteiger partial charge in [0.2, 0.25) is 0 Å². The van der Waals surface area contributed by atoms with E-state index in [1.165, 1.54) is 0 Å². The van der Waals surface area contributed by atoms with Gasteiger partial charge in [-0.3, -0.25) is 4.98 Å². The van der Waals surface area contributed by atoms with E-state index in [9.17, 15) is 0 Å². The second-order valence-electron chi connectivity index (χ2n) is 2.61. The molecule has 2 rings (SSSR count). The summed E-state index contributed by atoms with van der Waals surface area (Å²) in [6.45, 7) is 3.98. The molecule has 0 saturated heterocycles. The maximum absolute atomic E-state index is 4.20. The van der Waals surface area contributed by atoms with Crippen molar-refractivity contribution in [1.82, 2.24) is 14.4 Å². The minimum atomic E-state index is 0.949. The number of aryl methyl sites for hydroxylation is 2. The highest BCUT2D eigenvalue weighted by atomic mass is 15.0. The average molecular weight is 147 g/mol. The van der Waals surface area contributed by atoms with Gasteiger partial charge in [0.05, 0.1) is 5.69 Å². The van der Waals surface area contributed by atoms with Gasteiger partial charge in [0, 0.05) is 24.3 Å². The standard InChI is InChI=1S/C8H9N3/c1-6-5-10-7(2)8-9-3-4-11(6)8/h3-5H,1-2H3. The molecular weight excluding hydrogens is 138 g/mol. The predicted octanol–water partition coefficient (Wildman–Crippen LogP) is 1.35. The second-order valence-corrected chi connectivity index (χ2v) is 2.61. The summed E-state index contributed by atoms with van der Waals surface area (Å²) in [5.74, 6) is 0. The van der Waals surface area contributed by atoms with E-state index >= 15 is 0 Å². The van der Waals surface area contributed by atoms with Crippen LogP contribution in [0.5, 0.6) is 0 Å². The number of imidazole rings is 1. The van der Waals surface area contributed by atoms with Crippen LogP contribution in [0.25, 0.3) is 5.65 Å². The lowest BCUT2D eigenvalue weighted by Crippen LogP contribution is -1.94. The highest BCUT2D eigenvalue weighted by molar-refractivity contribution is 5.43. The number of hydrogen-bond acceptors (Lipinski definition) is 2. The Balaban J connectivity index is 2.96. The number of fused-ring (bicyclic) bond motifs is 1. The van der Waals surface area contributed by atoms with Gasteiger partial charge < -0.3 is 4.40 Å². The Bertz CT molecular complexity index is 353. The van der Waals surface area contributed by atoms with E-state index in [2.05, 4.69) is 9.97 Å². The summed E-state index contributed by atoms with van der Waals surface area (Å²) in [6, 6.07) is 0. The van der Waals surface area contributed by atoms with Crippen molar-refractivity contribution in [3.8, 4) is 0 Å². The molecule has 0 fully saturated rings. The van der Waals surface area contributed by atoms with Gasteiger partial charge in [0.25, 0.3) is 0 Å². The van der Waals surface area contributed by atoms with Crippen molar-refractivity contribution in [2.24, 2.45) is 0 Å². The van der Waals surface area contributed by atoms with E-state index < -0.39 is 0 Å². The average Bonchev–Trinajstić information content (AvgIpc) is 2.45. The molecule has 2 heterocycles. The summed E-state index contributed by atoms with van der Waals surface area (Å²) in [5.41, 5.74) is 3.04. The van der Waals surface area contributed by atoms with E-state index in [0.717, 1.165) is 17.0 Å². The van der Waals surface area contributed by atoms with E-state index in [4.69, 9.17) is 0 Å². The zero-order chi connectivity index (χ0) is 7.84. The third kappa shape index (κ3) is 0.808. The fraction of sp³-hybridized carbons (Fsp3) is 0.250. The Hall–Kier alpha value is -1.38. The summed E-state index contributed by atoms with van der Waals surface area (Å²) in [7, 11) is 0. The molecule has 0 aromatic carbocycles. The molecule has 0 aliphatic rings. The fourth-order valence-corrected chi connectivity index (χ4v) is 1.17. The molecule has 11 heavy (non-hydrogen) atoms. The molecule has 0 aliphatic heterocycles. The first-order chi connectivity index (χ1) is 5.29. The zero-order valence-corrected chi connectivity index (χ0v) is 6.57. The van der Waals surface area contributed by atoms with Crippen LogP contribution in [0.15, 0.2) is 18.6 Å². The third-order valence-electron chi connectivity index (χ3n) is 1.79. The molecule has 0 spiro atoms. The van der Waals surface area contributed by atoms with Crippen LogP contribution in [0, 0.1) is 13.8 Å². The SMILES string of the molecule is Cc1ncc(C)n2ccnc12. The van der Waals surface area contributed by atoms with Crippen LogP contribution in [-0.4, -0.2) is 14.4 Å². The minimum absolute atomic E-state index is 0.949. The van der Waals surface area contributed by atoms with E-state index in [-0.39, 0.29) is 0 Å². The fourth-order valence-electron chi connectivity index (χ4n) is 1.17. The van der Waals surface area contributed by atoms with Gasteiger partial charge in [-0.05, 0) is 13.8 Å². The van der Waals surface area contributed by atoms with Crippen LogP contribution in [0.1, 0.15) is 11.4 Å². The number of aromatic nitrogens is 3. The zero-order valence-electron chi connectivity index (χ0n) is 6.57.